The Morgan fingerprint density at radius 3 is 2.71 bits per heavy atom. The molecule has 0 bridgehead atoms. The minimum atomic E-state index is -3.96. The molecule has 3 rings (SSSR count). The molecule has 10 nitrogen and oxygen atoms in total. The summed E-state index contributed by atoms with van der Waals surface area (Å²) >= 11 is 0. The van der Waals surface area contributed by atoms with Gasteiger partial charge in [0, 0.05) is 13.1 Å². The predicted octanol–water partition coefficient (Wildman–Crippen LogP) is 2.29. The highest BCUT2D eigenvalue weighted by molar-refractivity contribution is 7.90. The molecule has 1 aromatic carbocycles. The van der Waals surface area contributed by atoms with E-state index in [0.29, 0.717) is 16.9 Å². The topological polar surface area (TPSA) is 130 Å². The average Bonchev–Trinajstić information content (AvgIpc) is 3.03. The number of hydrogen-bond donors (Lipinski definition) is 0. The van der Waals surface area contributed by atoms with E-state index in [4.69, 9.17) is 4.74 Å². The van der Waals surface area contributed by atoms with Gasteiger partial charge in [-0.05, 0) is 24.6 Å². The van der Waals surface area contributed by atoms with Crippen molar-refractivity contribution in [2.24, 2.45) is 7.05 Å². The zero-order chi connectivity index (χ0) is 20.5. The molecule has 0 atom stereocenters. The maximum absolute atomic E-state index is 12.9. The van der Waals surface area contributed by atoms with Crippen molar-refractivity contribution in [3.63, 3.8) is 0 Å². The van der Waals surface area contributed by atoms with Crippen LogP contribution in [0.25, 0.3) is 17.2 Å². The van der Waals surface area contributed by atoms with Crippen LogP contribution in [0.4, 0.5) is 5.69 Å². The molecule has 28 heavy (non-hydrogen) atoms. The van der Waals surface area contributed by atoms with E-state index in [1.54, 1.807) is 30.7 Å². The Bertz CT molecular complexity index is 1200. The number of rotatable bonds is 6. The van der Waals surface area contributed by atoms with Crippen molar-refractivity contribution in [1.29, 1.82) is 0 Å². The van der Waals surface area contributed by atoms with E-state index in [1.165, 1.54) is 31.6 Å². The summed E-state index contributed by atoms with van der Waals surface area (Å²) in [6.45, 7) is 1.78. The summed E-state index contributed by atoms with van der Waals surface area (Å²) in [4.78, 5) is 23.0. The van der Waals surface area contributed by atoms with Crippen LogP contribution in [0.3, 0.4) is 0 Å². The fourth-order valence-corrected chi connectivity index (χ4v) is 3.88. The number of aryl methyl sites for hydroxylation is 1. The van der Waals surface area contributed by atoms with E-state index in [0.717, 1.165) is 0 Å². The van der Waals surface area contributed by atoms with Crippen LogP contribution < -0.4 is 4.74 Å². The molecule has 0 N–H and O–H groups in total. The number of nitrogens with zero attached hydrogens (tertiary/aromatic N) is 5. The monoisotopic (exact) mass is 403 g/mol. The number of nitro groups is 1. The lowest BCUT2D eigenvalue weighted by Gasteiger charge is -2.07. The molecule has 0 radical (unpaired) electrons. The first-order valence-electron chi connectivity index (χ1n) is 8.12. The van der Waals surface area contributed by atoms with E-state index < -0.39 is 20.5 Å². The molecule has 0 amide bonds. The highest BCUT2D eigenvalue weighted by Gasteiger charge is 2.24. The van der Waals surface area contributed by atoms with Crippen molar-refractivity contribution < 1.29 is 18.1 Å². The minimum Gasteiger partial charge on any atom is -0.490 e. The first kappa shape index (κ1) is 19.4. The molecule has 146 valence electrons. The lowest BCUT2D eigenvalue weighted by atomic mass is 10.2. The molecular formula is C17H17N5O5S. The molecule has 11 heteroatoms. The molecule has 0 aliphatic rings. The third kappa shape index (κ3) is 3.56. The molecule has 0 aliphatic carbocycles. The van der Waals surface area contributed by atoms with Gasteiger partial charge in [-0.3, -0.25) is 10.1 Å². The maximum Gasteiger partial charge on any atom is 0.311 e. The summed E-state index contributed by atoms with van der Waals surface area (Å²) in [7, 11) is -0.959. The molecule has 2 aromatic heterocycles. The van der Waals surface area contributed by atoms with Gasteiger partial charge in [-0.25, -0.2) is 18.4 Å². The Morgan fingerprint density at radius 1 is 1.32 bits per heavy atom. The number of imidazole rings is 1. The summed E-state index contributed by atoms with van der Waals surface area (Å²) < 4.78 is 32.3. The molecule has 3 aromatic rings. The van der Waals surface area contributed by atoms with E-state index in [2.05, 4.69) is 15.0 Å². The SMILES string of the molecule is C/C=C/c1nc(S(=O)(=O)Cc2ccc(OC)c([N+](=O)[O-])c2)nc2c1ncn2C. The number of nitro benzene ring substituents is 1. The van der Waals surface area contributed by atoms with E-state index in [9.17, 15) is 18.5 Å². The van der Waals surface area contributed by atoms with Gasteiger partial charge < -0.3 is 9.30 Å². The predicted molar refractivity (Wildman–Crippen MR) is 102 cm³/mol. The summed E-state index contributed by atoms with van der Waals surface area (Å²) in [5.41, 5.74) is 1.16. The van der Waals surface area contributed by atoms with Crippen LogP contribution in [0.15, 0.2) is 35.8 Å². The highest BCUT2D eigenvalue weighted by Crippen LogP contribution is 2.29. The van der Waals surface area contributed by atoms with Gasteiger partial charge in [0.2, 0.25) is 15.0 Å². The Kier molecular flexibility index (Phi) is 5.10. The number of ether oxygens (including phenoxy) is 1. The van der Waals surface area contributed by atoms with Crippen molar-refractivity contribution >= 4 is 32.8 Å². The van der Waals surface area contributed by atoms with Gasteiger partial charge in [0.25, 0.3) is 0 Å². The number of hydrogen-bond acceptors (Lipinski definition) is 8. The molecular weight excluding hydrogens is 386 g/mol. The van der Waals surface area contributed by atoms with Crippen molar-refractivity contribution in [3.8, 4) is 5.75 Å². The standard InChI is InChI=1S/C17H17N5O5S/c1-4-5-12-15-16(21(2)10-18-15)20-17(19-12)28(25,26)9-11-6-7-14(27-3)13(8-11)22(23)24/h4-8,10H,9H2,1-3H3/b5-4+. The normalized spacial score (nSPS) is 12.0. The molecule has 0 saturated carbocycles. The van der Waals surface area contributed by atoms with Gasteiger partial charge in [-0.1, -0.05) is 12.1 Å². The van der Waals surface area contributed by atoms with Gasteiger partial charge in [0.05, 0.1) is 29.8 Å². The first-order chi connectivity index (χ1) is 13.3. The van der Waals surface area contributed by atoms with Crippen LogP contribution >= 0.6 is 0 Å². The zero-order valence-corrected chi connectivity index (χ0v) is 16.2. The van der Waals surface area contributed by atoms with Gasteiger partial charge in [-0.2, -0.15) is 4.98 Å². The molecule has 0 spiro atoms. The van der Waals surface area contributed by atoms with E-state index in [-0.39, 0.29) is 22.2 Å². The summed E-state index contributed by atoms with van der Waals surface area (Å²) in [5, 5.41) is 10.8. The third-order valence-electron chi connectivity index (χ3n) is 3.97. The number of aromatic nitrogens is 4. The van der Waals surface area contributed by atoms with Gasteiger partial charge in [0.15, 0.2) is 11.4 Å². The fraction of sp³-hybridized carbons (Fsp3) is 0.235. The molecule has 0 aliphatic heterocycles. The summed E-state index contributed by atoms with van der Waals surface area (Å²) in [5.74, 6) is -0.440. The Morgan fingerprint density at radius 2 is 2.07 bits per heavy atom. The summed E-state index contributed by atoms with van der Waals surface area (Å²) in [6.07, 6.45) is 4.89. The molecule has 0 unspecified atom stereocenters. The zero-order valence-electron chi connectivity index (χ0n) is 15.4. The van der Waals surface area contributed by atoms with Crippen molar-refractivity contribution in [3.05, 3.63) is 52.0 Å². The van der Waals surface area contributed by atoms with Crippen molar-refractivity contribution in [2.45, 2.75) is 17.8 Å². The number of benzene rings is 1. The number of fused-ring (bicyclic) bond motifs is 1. The maximum atomic E-state index is 12.9. The van der Waals surface area contributed by atoms with Crippen LogP contribution in [0.5, 0.6) is 5.75 Å². The molecule has 2 heterocycles. The molecule has 0 fully saturated rings. The second kappa shape index (κ2) is 7.35. The second-order valence-corrected chi connectivity index (χ2v) is 7.82. The molecule has 0 saturated heterocycles. The third-order valence-corrected chi connectivity index (χ3v) is 5.42. The average molecular weight is 403 g/mol. The number of sulfone groups is 1. The van der Waals surface area contributed by atoms with Gasteiger partial charge >= 0.3 is 5.69 Å². The van der Waals surface area contributed by atoms with Crippen molar-refractivity contribution in [2.75, 3.05) is 7.11 Å². The smallest absolute Gasteiger partial charge is 0.311 e. The quantitative estimate of drug-likeness (QED) is 0.348. The second-order valence-electron chi connectivity index (χ2n) is 5.94. The number of methoxy groups -OCH3 is 1. The lowest BCUT2D eigenvalue weighted by molar-refractivity contribution is -0.385. The first-order valence-corrected chi connectivity index (χ1v) is 9.78. The Hall–Kier alpha value is -3.34. The Balaban J connectivity index is 2.07. The summed E-state index contributed by atoms with van der Waals surface area (Å²) in [6, 6.07) is 3.99. The highest BCUT2D eigenvalue weighted by atomic mass is 32.2. The Labute approximate surface area is 160 Å². The van der Waals surface area contributed by atoms with Crippen LogP contribution in [0.1, 0.15) is 18.2 Å². The fourth-order valence-electron chi connectivity index (χ4n) is 2.67. The van der Waals surface area contributed by atoms with Crippen LogP contribution in [0.2, 0.25) is 0 Å². The van der Waals surface area contributed by atoms with E-state index >= 15 is 0 Å². The van der Waals surface area contributed by atoms with Gasteiger partial charge in [0.1, 0.15) is 5.52 Å². The lowest BCUT2D eigenvalue weighted by Crippen LogP contribution is -2.11. The van der Waals surface area contributed by atoms with E-state index in [1.807, 2.05) is 0 Å². The number of allylic oxidation sites excluding steroid dienone is 1. The van der Waals surface area contributed by atoms with Crippen LogP contribution in [0, 0.1) is 10.1 Å². The minimum absolute atomic E-state index is 0.0501. The van der Waals surface area contributed by atoms with Crippen LogP contribution in [-0.2, 0) is 22.6 Å². The largest absolute Gasteiger partial charge is 0.490 e. The van der Waals surface area contributed by atoms with Crippen molar-refractivity contribution in [1.82, 2.24) is 19.5 Å². The van der Waals surface area contributed by atoms with Gasteiger partial charge in [-0.15, -0.1) is 0 Å². The van der Waals surface area contributed by atoms with Crippen LogP contribution in [-0.4, -0.2) is 40.0 Å².